The van der Waals surface area contributed by atoms with Crippen molar-refractivity contribution in [2.75, 3.05) is 0 Å². The fourth-order valence-electron chi connectivity index (χ4n) is 1.26. The van der Waals surface area contributed by atoms with Gasteiger partial charge in [0.25, 0.3) is 5.91 Å². The normalized spacial score (nSPS) is 25.7. The van der Waals surface area contributed by atoms with Gasteiger partial charge in [-0.05, 0) is 13.8 Å². The molecule has 1 fully saturated rings. The molecule has 1 aliphatic heterocycles. The van der Waals surface area contributed by atoms with E-state index in [9.17, 15) is 19.1 Å². The number of nitrogens with zero attached hydrogens (tertiary/aromatic N) is 1. The summed E-state index contributed by atoms with van der Waals surface area (Å²) in [6.45, 7) is 2.91. The largest absolute Gasteiger partial charge is 0.543 e. The van der Waals surface area contributed by atoms with Crippen LogP contribution < -0.4 is 10.8 Å². The first-order chi connectivity index (χ1) is 6.37. The number of carbonyl (C=O) groups excluding carboxylic acids is 2. The van der Waals surface area contributed by atoms with E-state index in [0.29, 0.717) is 10.5 Å². The van der Waals surface area contributed by atoms with Gasteiger partial charge in [-0.15, -0.1) is 0 Å². The summed E-state index contributed by atoms with van der Waals surface area (Å²) in [5.41, 5.74) is 4.95. The van der Waals surface area contributed by atoms with E-state index in [-0.39, 0.29) is 0 Å². The first-order valence-corrected chi connectivity index (χ1v) is 3.99. The highest BCUT2D eigenvalue weighted by atomic mass is 19.1. The maximum absolute atomic E-state index is 13.1. The zero-order valence-corrected chi connectivity index (χ0v) is 7.78. The molecule has 0 aromatic rings. The van der Waals surface area contributed by atoms with Crippen LogP contribution in [0.25, 0.3) is 0 Å². The minimum absolute atomic E-state index is 0.299. The molecular formula is C8H10FN2O3-. The lowest BCUT2D eigenvalue weighted by Gasteiger charge is -2.42. The van der Waals surface area contributed by atoms with Gasteiger partial charge < -0.3 is 15.6 Å². The van der Waals surface area contributed by atoms with E-state index < -0.39 is 29.9 Å². The number of hydrogen-bond donors (Lipinski definition) is 1. The number of nitrogens with two attached hydrogens (primary N) is 1. The molecule has 2 atom stereocenters. The van der Waals surface area contributed by atoms with E-state index in [2.05, 4.69) is 0 Å². The number of carboxylic acid groups (broad SMARTS) is 1. The monoisotopic (exact) mass is 201 g/mol. The number of alkyl halides is 1. The molecule has 0 aromatic carbocycles. The maximum atomic E-state index is 13.1. The molecule has 0 aliphatic carbocycles. The molecule has 1 heterocycles. The molecule has 6 heteroatoms. The number of rotatable bonds is 2. The molecule has 2 unspecified atom stereocenters. The summed E-state index contributed by atoms with van der Waals surface area (Å²) in [7, 11) is 0. The molecular weight excluding hydrogens is 191 g/mol. The van der Waals surface area contributed by atoms with Gasteiger partial charge in [-0.3, -0.25) is 9.69 Å². The Morgan fingerprint density at radius 3 is 2.36 bits per heavy atom. The van der Waals surface area contributed by atoms with Crippen LogP contribution in [0.1, 0.15) is 13.8 Å². The Hall–Kier alpha value is -1.43. The van der Waals surface area contributed by atoms with E-state index in [0.717, 1.165) is 0 Å². The van der Waals surface area contributed by atoms with Crippen LogP contribution in [0.3, 0.4) is 0 Å². The van der Waals surface area contributed by atoms with Crippen molar-refractivity contribution in [3.63, 3.8) is 0 Å². The average molecular weight is 201 g/mol. The minimum atomic E-state index is -1.77. The Morgan fingerprint density at radius 1 is 1.57 bits per heavy atom. The number of hydrogen-bond acceptors (Lipinski definition) is 4. The second-order valence-corrected chi connectivity index (χ2v) is 3.24. The summed E-state index contributed by atoms with van der Waals surface area (Å²) in [5, 5.41) is 10.6. The summed E-state index contributed by atoms with van der Waals surface area (Å²) in [6.07, 6.45) is -1.77. The van der Waals surface area contributed by atoms with Crippen molar-refractivity contribution in [1.82, 2.24) is 4.90 Å². The lowest BCUT2D eigenvalue weighted by molar-refractivity contribution is -0.302. The molecule has 0 spiro atoms. The Morgan fingerprint density at radius 2 is 2.07 bits per heavy atom. The van der Waals surface area contributed by atoms with Gasteiger partial charge in [0.1, 0.15) is 6.04 Å². The number of amides is 1. The molecule has 1 amide bonds. The zero-order chi connectivity index (χ0) is 11.0. The van der Waals surface area contributed by atoms with Crippen LogP contribution in [0.4, 0.5) is 4.39 Å². The van der Waals surface area contributed by atoms with E-state index in [1.165, 1.54) is 13.8 Å². The fraction of sp³-hybridized carbons (Fsp3) is 0.500. The van der Waals surface area contributed by atoms with Crippen molar-refractivity contribution >= 4 is 11.9 Å². The van der Waals surface area contributed by atoms with Crippen molar-refractivity contribution in [3.05, 3.63) is 11.3 Å². The first-order valence-electron chi connectivity index (χ1n) is 3.99. The molecule has 0 saturated carbocycles. The highest BCUT2D eigenvalue weighted by Crippen LogP contribution is 2.26. The van der Waals surface area contributed by atoms with E-state index in [1.54, 1.807) is 0 Å². The predicted molar refractivity (Wildman–Crippen MR) is 43.1 cm³/mol. The van der Waals surface area contributed by atoms with Crippen LogP contribution in [-0.2, 0) is 9.59 Å². The van der Waals surface area contributed by atoms with E-state index in [1.807, 2.05) is 0 Å². The summed E-state index contributed by atoms with van der Waals surface area (Å²) < 4.78 is 13.1. The van der Waals surface area contributed by atoms with Gasteiger partial charge in [-0.25, -0.2) is 4.39 Å². The Kier molecular flexibility index (Phi) is 2.57. The number of likely N-dealkylation sites (tertiary alicyclic amines) is 1. The van der Waals surface area contributed by atoms with E-state index in [4.69, 9.17) is 5.73 Å². The van der Waals surface area contributed by atoms with Crippen molar-refractivity contribution in [2.45, 2.75) is 26.2 Å². The molecule has 1 rings (SSSR count). The minimum Gasteiger partial charge on any atom is -0.543 e. The standard InChI is InChI=1S/C8H11FN2O3/c1-3(2)5(8(13)14)11-6(9)4(10)7(11)12/h4,6H,10H2,1-2H3,(H,13,14)/p-1. The van der Waals surface area contributed by atoms with Crippen LogP contribution >= 0.6 is 0 Å². The summed E-state index contributed by atoms with van der Waals surface area (Å²) in [4.78, 5) is 22.2. The van der Waals surface area contributed by atoms with Gasteiger partial charge in [0.15, 0.2) is 0 Å². The average Bonchev–Trinajstić information content (AvgIpc) is 2.10. The SMILES string of the molecule is CC(C)=C(C(=O)[O-])N1C(=O)C(N)C1F. The first kappa shape index (κ1) is 10.6. The third-order valence-corrected chi connectivity index (χ3v) is 1.97. The van der Waals surface area contributed by atoms with Crippen molar-refractivity contribution < 1.29 is 19.1 Å². The van der Waals surface area contributed by atoms with Gasteiger partial charge in [0.2, 0.25) is 6.30 Å². The number of carboxylic acids is 1. The second-order valence-electron chi connectivity index (χ2n) is 3.24. The van der Waals surface area contributed by atoms with Crippen molar-refractivity contribution in [2.24, 2.45) is 5.73 Å². The Balaban J connectivity index is 3.00. The topological polar surface area (TPSA) is 86.5 Å². The molecule has 5 nitrogen and oxygen atoms in total. The van der Waals surface area contributed by atoms with Gasteiger partial charge in [0, 0.05) is 0 Å². The summed E-state index contributed by atoms with van der Waals surface area (Å²) >= 11 is 0. The van der Waals surface area contributed by atoms with Crippen LogP contribution in [0, 0.1) is 0 Å². The number of carbonyl (C=O) groups is 2. The smallest absolute Gasteiger partial charge is 0.251 e. The second kappa shape index (κ2) is 3.38. The molecule has 14 heavy (non-hydrogen) atoms. The van der Waals surface area contributed by atoms with Crippen LogP contribution in [0.2, 0.25) is 0 Å². The lowest BCUT2D eigenvalue weighted by Crippen LogP contribution is -2.67. The molecule has 78 valence electrons. The Labute approximate surface area is 80.0 Å². The molecule has 0 bridgehead atoms. The predicted octanol–water partition coefficient (Wildman–Crippen LogP) is -1.50. The van der Waals surface area contributed by atoms with Crippen molar-refractivity contribution in [1.29, 1.82) is 0 Å². The fourth-order valence-corrected chi connectivity index (χ4v) is 1.26. The van der Waals surface area contributed by atoms with Gasteiger partial charge in [-0.2, -0.15) is 0 Å². The third-order valence-electron chi connectivity index (χ3n) is 1.97. The number of aliphatic carboxylic acids is 1. The van der Waals surface area contributed by atoms with E-state index >= 15 is 0 Å². The lowest BCUT2D eigenvalue weighted by atomic mass is 10.0. The summed E-state index contributed by atoms with van der Waals surface area (Å²) in [6, 6.07) is -1.26. The molecule has 0 radical (unpaired) electrons. The third kappa shape index (κ3) is 1.37. The van der Waals surface area contributed by atoms with Gasteiger partial charge in [-0.1, -0.05) is 5.57 Å². The summed E-state index contributed by atoms with van der Waals surface area (Å²) in [5.74, 6) is -2.31. The van der Waals surface area contributed by atoms with Crippen LogP contribution in [-0.4, -0.2) is 29.1 Å². The molecule has 1 aliphatic rings. The molecule has 1 saturated heterocycles. The highest BCUT2D eigenvalue weighted by Gasteiger charge is 2.47. The number of halogens is 1. The molecule has 0 aromatic heterocycles. The maximum Gasteiger partial charge on any atom is 0.251 e. The molecule has 2 N–H and O–H groups in total. The number of allylic oxidation sites excluding steroid dienone is 1. The van der Waals surface area contributed by atoms with Gasteiger partial charge in [0.05, 0.1) is 11.7 Å². The quantitative estimate of drug-likeness (QED) is 0.334. The number of β-lactam (4-membered cyclic amide) rings is 1. The van der Waals surface area contributed by atoms with Crippen LogP contribution in [0.5, 0.6) is 0 Å². The zero-order valence-electron chi connectivity index (χ0n) is 7.78. The van der Waals surface area contributed by atoms with Gasteiger partial charge >= 0.3 is 0 Å². The highest BCUT2D eigenvalue weighted by molar-refractivity contribution is 5.98. The van der Waals surface area contributed by atoms with Crippen molar-refractivity contribution in [3.8, 4) is 0 Å². The van der Waals surface area contributed by atoms with Crippen LogP contribution in [0.15, 0.2) is 11.3 Å². The Bertz CT molecular complexity index is 323.